The Labute approximate surface area is 500 Å². The molecule has 1 amide bonds. The molecule has 0 saturated carbocycles. The second-order valence-corrected chi connectivity index (χ2v) is 24.9. The van der Waals surface area contributed by atoms with Crippen LogP contribution in [-0.4, -0.2) is 47.4 Å². The molecule has 0 radical (unpaired) electrons. The van der Waals surface area contributed by atoms with Crippen LogP contribution in [0.1, 0.15) is 399 Å². The minimum atomic E-state index is -0.850. The molecular formula is C74H141NO5. The van der Waals surface area contributed by atoms with Gasteiger partial charge in [-0.05, 0) is 64.2 Å². The summed E-state index contributed by atoms with van der Waals surface area (Å²) in [6.45, 7) is 4.94. The first-order chi connectivity index (χ1) is 39.5. The first-order valence-corrected chi connectivity index (χ1v) is 36.3. The number of hydrogen-bond acceptors (Lipinski definition) is 5. The van der Waals surface area contributed by atoms with E-state index in [1.54, 1.807) is 6.08 Å². The van der Waals surface area contributed by atoms with E-state index >= 15 is 0 Å². The Balaban J connectivity index is 3.44. The summed E-state index contributed by atoms with van der Waals surface area (Å²) in [5, 5.41) is 23.2. The van der Waals surface area contributed by atoms with E-state index in [-0.39, 0.29) is 18.5 Å². The maximum Gasteiger partial charge on any atom is 0.305 e. The van der Waals surface area contributed by atoms with Crippen molar-refractivity contribution in [1.29, 1.82) is 0 Å². The van der Waals surface area contributed by atoms with E-state index in [4.69, 9.17) is 4.74 Å². The van der Waals surface area contributed by atoms with E-state index in [0.717, 1.165) is 44.9 Å². The number of carbonyl (C=O) groups excluding carboxylic acids is 2. The number of aliphatic hydroxyl groups is 2. The van der Waals surface area contributed by atoms with E-state index < -0.39 is 12.1 Å². The predicted octanol–water partition coefficient (Wildman–Crippen LogP) is 23.5. The molecule has 0 aromatic carbocycles. The summed E-state index contributed by atoms with van der Waals surface area (Å²) in [6, 6.07) is -0.634. The Hall–Kier alpha value is -1.92. The minimum absolute atomic E-state index is 0.0131. The van der Waals surface area contributed by atoms with Crippen LogP contribution < -0.4 is 5.32 Å². The SMILES string of the molecule is CCCCCCCCCCCCCCCCCCCCC/C=C/C(O)C(CO)NC(=O)CCCCCCCCCCC/C=C\C/C=C\CCCCCCCCCCCOC(=O)CCCCCCCCCCCCCCCCCCC. The minimum Gasteiger partial charge on any atom is -0.466 e. The van der Waals surface area contributed by atoms with Gasteiger partial charge in [0.2, 0.25) is 5.91 Å². The molecule has 2 atom stereocenters. The van der Waals surface area contributed by atoms with Gasteiger partial charge in [0.25, 0.3) is 0 Å². The van der Waals surface area contributed by atoms with Crippen molar-refractivity contribution in [2.75, 3.05) is 13.2 Å². The molecule has 0 aliphatic carbocycles. The van der Waals surface area contributed by atoms with Crippen molar-refractivity contribution in [3.63, 3.8) is 0 Å². The summed E-state index contributed by atoms with van der Waals surface area (Å²) >= 11 is 0. The average molecular weight is 1120 g/mol. The van der Waals surface area contributed by atoms with Gasteiger partial charge in [0.05, 0.1) is 25.4 Å². The molecule has 472 valence electrons. The van der Waals surface area contributed by atoms with Gasteiger partial charge in [-0.3, -0.25) is 9.59 Å². The Morgan fingerprint density at radius 2 is 0.625 bits per heavy atom. The number of nitrogens with one attached hydrogen (secondary N) is 1. The molecule has 0 fully saturated rings. The number of carbonyl (C=O) groups is 2. The first kappa shape index (κ1) is 78.1. The molecule has 0 heterocycles. The molecule has 3 N–H and O–H groups in total. The van der Waals surface area contributed by atoms with Gasteiger partial charge in [-0.25, -0.2) is 0 Å². The number of rotatable bonds is 68. The monoisotopic (exact) mass is 1120 g/mol. The zero-order valence-electron chi connectivity index (χ0n) is 54.1. The van der Waals surface area contributed by atoms with E-state index in [1.807, 2.05) is 6.08 Å². The number of allylic oxidation sites excluding steroid dienone is 5. The number of aliphatic hydroxyl groups excluding tert-OH is 2. The van der Waals surface area contributed by atoms with Crippen molar-refractivity contribution >= 4 is 11.9 Å². The Bertz CT molecular complexity index is 1300. The van der Waals surface area contributed by atoms with Gasteiger partial charge < -0.3 is 20.3 Å². The quantitative estimate of drug-likeness (QED) is 0.0320. The number of unbranched alkanes of at least 4 members (excludes halogenated alkanes) is 53. The van der Waals surface area contributed by atoms with Crippen LogP contribution in [0, 0.1) is 0 Å². The van der Waals surface area contributed by atoms with Crippen LogP contribution in [0.2, 0.25) is 0 Å². The van der Waals surface area contributed by atoms with Gasteiger partial charge in [-0.1, -0.05) is 359 Å². The van der Waals surface area contributed by atoms with Crippen LogP contribution in [-0.2, 0) is 14.3 Å². The zero-order chi connectivity index (χ0) is 57.8. The van der Waals surface area contributed by atoms with Crippen LogP contribution in [0.25, 0.3) is 0 Å². The van der Waals surface area contributed by atoms with Gasteiger partial charge in [0.1, 0.15) is 0 Å². The molecule has 0 rings (SSSR count). The highest BCUT2D eigenvalue weighted by molar-refractivity contribution is 5.76. The molecule has 6 nitrogen and oxygen atoms in total. The molecule has 0 saturated heterocycles. The fourth-order valence-corrected chi connectivity index (χ4v) is 11.4. The van der Waals surface area contributed by atoms with Crippen LogP contribution >= 0.6 is 0 Å². The highest BCUT2D eigenvalue weighted by Crippen LogP contribution is 2.19. The maximum atomic E-state index is 12.5. The topological polar surface area (TPSA) is 95.9 Å². The Morgan fingerprint density at radius 1 is 0.350 bits per heavy atom. The predicted molar refractivity (Wildman–Crippen MR) is 352 cm³/mol. The van der Waals surface area contributed by atoms with Gasteiger partial charge in [0.15, 0.2) is 0 Å². The normalized spacial score (nSPS) is 12.7. The van der Waals surface area contributed by atoms with E-state index in [1.165, 1.54) is 327 Å². The molecule has 0 bridgehead atoms. The number of ether oxygens (including phenoxy) is 1. The zero-order valence-corrected chi connectivity index (χ0v) is 54.1. The fraction of sp³-hybridized carbons (Fsp3) is 0.892. The molecular weight excluding hydrogens is 983 g/mol. The summed E-state index contributed by atoms with van der Waals surface area (Å²) < 4.78 is 5.50. The summed E-state index contributed by atoms with van der Waals surface area (Å²) in [7, 11) is 0. The van der Waals surface area contributed by atoms with Crippen LogP contribution in [0.4, 0.5) is 0 Å². The third kappa shape index (κ3) is 65.2. The van der Waals surface area contributed by atoms with Crippen molar-refractivity contribution in [1.82, 2.24) is 5.32 Å². The summed E-state index contributed by atoms with van der Waals surface area (Å²) in [4.78, 5) is 24.6. The van der Waals surface area contributed by atoms with E-state index in [2.05, 4.69) is 43.5 Å². The molecule has 0 spiro atoms. The second kappa shape index (κ2) is 69.6. The Morgan fingerprint density at radius 3 is 0.950 bits per heavy atom. The van der Waals surface area contributed by atoms with Crippen LogP contribution in [0.3, 0.4) is 0 Å². The lowest BCUT2D eigenvalue weighted by atomic mass is 10.0. The molecule has 2 unspecified atom stereocenters. The van der Waals surface area contributed by atoms with Gasteiger partial charge in [-0.2, -0.15) is 0 Å². The highest BCUT2D eigenvalue weighted by atomic mass is 16.5. The maximum absolute atomic E-state index is 12.5. The largest absolute Gasteiger partial charge is 0.466 e. The molecule has 6 heteroatoms. The first-order valence-electron chi connectivity index (χ1n) is 36.3. The lowest BCUT2D eigenvalue weighted by molar-refractivity contribution is -0.143. The third-order valence-corrected chi connectivity index (χ3v) is 16.9. The van der Waals surface area contributed by atoms with Crippen molar-refractivity contribution < 1.29 is 24.5 Å². The van der Waals surface area contributed by atoms with Crippen LogP contribution in [0.5, 0.6) is 0 Å². The summed E-state index contributed by atoms with van der Waals surface area (Å²) in [5.41, 5.74) is 0. The van der Waals surface area contributed by atoms with Crippen molar-refractivity contribution in [3.8, 4) is 0 Å². The van der Waals surface area contributed by atoms with Crippen molar-refractivity contribution in [2.45, 2.75) is 411 Å². The van der Waals surface area contributed by atoms with Crippen LogP contribution in [0.15, 0.2) is 36.5 Å². The highest BCUT2D eigenvalue weighted by Gasteiger charge is 2.18. The third-order valence-electron chi connectivity index (χ3n) is 16.9. The average Bonchev–Trinajstić information content (AvgIpc) is 3.46. The van der Waals surface area contributed by atoms with Gasteiger partial charge in [-0.15, -0.1) is 0 Å². The summed E-state index contributed by atoms with van der Waals surface area (Å²) in [5.74, 6) is -0.0574. The van der Waals surface area contributed by atoms with Gasteiger partial charge in [0, 0.05) is 12.8 Å². The number of esters is 1. The summed E-state index contributed by atoms with van der Waals surface area (Å²) in [6.07, 6.45) is 89.4. The second-order valence-electron chi connectivity index (χ2n) is 24.9. The molecule has 0 aromatic rings. The van der Waals surface area contributed by atoms with Crippen molar-refractivity contribution in [2.24, 2.45) is 0 Å². The Kier molecular flexibility index (Phi) is 67.9. The number of hydrogen-bond donors (Lipinski definition) is 3. The smallest absolute Gasteiger partial charge is 0.305 e. The molecule has 0 aliphatic heterocycles. The number of amides is 1. The van der Waals surface area contributed by atoms with E-state index in [0.29, 0.717) is 19.4 Å². The molecule has 0 aliphatic rings. The van der Waals surface area contributed by atoms with Crippen molar-refractivity contribution in [3.05, 3.63) is 36.5 Å². The lowest BCUT2D eigenvalue weighted by Crippen LogP contribution is -2.45. The van der Waals surface area contributed by atoms with Gasteiger partial charge >= 0.3 is 5.97 Å². The standard InChI is InChI=1S/C74H141NO5/c1-3-5-7-9-11-13-15-17-19-21-22-28-31-35-38-42-46-50-54-58-62-66-72(77)71(70-76)75-73(78)67-63-59-55-51-47-43-39-36-32-29-26-24-23-25-27-30-33-37-41-45-49-53-57-61-65-69-80-74(79)68-64-60-56-52-48-44-40-34-20-18-16-14-12-10-8-6-4-2/h24-27,62,66,71-72,76-77H,3-23,28-61,63-65,67-70H2,1-2H3,(H,75,78)/b26-24-,27-25-,66-62+. The fourth-order valence-electron chi connectivity index (χ4n) is 11.4. The van der Waals surface area contributed by atoms with E-state index in [9.17, 15) is 19.8 Å². The molecule has 80 heavy (non-hydrogen) atoms. The lowest BCUT2D eigenvalue weighted by Gasteiger charge is -2.20. The molecule has 0 aromatic heterocycles.